The van der Waals surface area contributed by atoms with E-state index in [-0.39, 0.29) is 24.8 Å². The molecule has 1 aromatic carbocycles. The zero-order chi connectivity index (χ0) is 21.3. The van der Waals surface area contributed by atoms with Crippen molar-refractivity contribution in [3.8, 4) is 0 Å². The van der Waals surface area contributed by atoms with E-state index < -0.39 is 11.7 Å². The molecule has 0 radical (unpaired) electrons. The number of ether oxygens (including phenoxy) is 1. The Bertz CT molecular complexity index is 830. The van der Waals surface area contributed by atoms with Gasteiger partial charge in [-0.05, 0) is 50.6 Å². The highest BCUT2D eigenvalue weighted by Gasteiger charge is 2.15. The van der Waals surface area contributed by atoms with E-state index in [0.717, 1.165) is 5.56 Å². The van der Waals surface area contributed by atoms with Gasteiger partial charge in [0.05, 0.1) is 0 Å². The van der Waals surface area contributed by atoms with Crippen LogP contribution in [0.3, 0.4) is 0 Å². The first-order chi connectivity index (χ1) is 13.7. The first kappa shape index (κ1) is 21.9. The summed E-state index contributed by atoms with van der Waals surface area (Å²) in [4.78, 5) is 39.4. The molecule has 1 heterocycles. The molecule has 0 atom stereocenters. The van der Waals surface area contributed by atoms with Gasteiger partial charge in [0.25, 0.3) is 5.91 Å². The number of rotatable bonds is 7. The van der Waals surface area contributed by atoms with Crippen LogP contribution >= 0.6 is 0 Å². The van der Waals surface area contributed by atoms with Crippen LogP contribution in [-0.2, 0) is 16.1 Å². The van der Waals surface area contributed by atoms with Crippen molar-refractivity contribution in [3.05, 3.63) is 59.9 Å². The number of aromatic nitrogens is 1. The topological polar surface area (TPSA) is 109 Å². The normalized spacial score (nSPS) is 10.7. The van der Waals surface area contributed by atoms with Crippen molar-refractivity contribution in [2.45, 2.75) is 39.3 Å². The second-order valence-corrected chi connectivity index (χ2v) is 7.34. The van der Waals surface area contributed by atoms with E-state index in [9.17, 15) is 14.4 Å². The molecule has 0 aliphatic carbocycles. The highest BCUT2D eigenvalue weighted by molar-refractivity contribution is 6.04. The van der Waals surface area contributed by atoms with Crippen LogP contribution in [0, 0.1) is 0 Å². The van der Waals surface area contributed by atoms with Crippen LogP contribution in [0.1, 0.15) is 43.1 Å². The van der Waals surface area contributed by atoms with Crippen molar-refractivity contribution < 1.29 is 19.1 Å². The first-order valence-electron chi connectivity index (χ1n) is 9.27. The monoisotopic (exact) mass is 398 g/mol. The molecule has 8 heteroatoms. The van der Waals surface area contributed by atoms with Gasteiger partial charge in [-0.2, -0.15) is 0 Å². The van der Waals surface area contributed by atoms with E-state index in [4.69, 9.17) is 4.74 Å². The number of amides is 3. The minimum Gasteiger partial charge on any atom is -0.444 e. The third-order valence-electron chi connectivity index (χ3n) is 3.66. The summed E-state index contributed by atoms with van der Waals surface area (Å²) in [5, 5.41) is 8.12. The fraction of sp³-hybridized carbons (Fsp3) is 0.333. The maximum atomic E-state index is 12.1. The van der Waals surface area contributed by atoms with E-state index in [1.807, 2.05) is 12.1 Å². The number of carbonyl (C=O) groups is 3. The molecular weight excluding hydrogens is 372 g/mol. The second kappa shape index (κ2) is 10.2. The van der Waals surface area contributed by atoms with Crippen LogP contribution < -0.4 is 16.0 Å². The molecule has 0 aliphatic heterocycles. The summed E-state index contributed by atoms with van der Waals surface area (Å²) in [6.07, 6.45) is 2.72. The fourth-order valence-electron chi connectivity index (χ4n) is 2.29. The van der Waals surface area contributed by atoms with Gasteiger partial charge in [0.15, 0.2) is 0 Å². The van der Waals surface area contributed by atoms with Crippen molar-refractivity contribution in [2.75, 3.05) is 11.9 Å². The van der Waals surface area contributed by atoms with E-state index >= 15 is 0 Å². The number of anilines is 1. The van der Waals surface area contributed by atoms with E-state index in [0.29, 0.717) is 17.8 Å². The standard InChI is InChI=1S/C21H26N4O4/c1-21(2,3)29-20(28)23-13-10-18(26)24-14-15-4-6-17(7-5-15)25-19(27)16-8-11-22-12-9-16/h4-9,11-12H,10,13-14H2,1-3H3,(H,23,28)(H,24,26)(H,25,27). The highest BCUT2D eigenvalue weighted by atomic mass is 16.6. The Labute approximate surface area is 170 Å². The van der Waals surface area contributed by atoms with Gasteiger partial charge >= 0.3 is 6.09 Å². The zero-order valence-corrected chi connectivity index (χ0v) is 16.8. The summed E-state index contributed by atoms with van der Waals surface area (Å²) in [6, 6.07) is 10.5. The Balaban J connectivity index is 1.71. The van der Waals surface area contributed by atoms with Crippen LogP contribution in [-0.4, -0.2) is 35.0 Å². The van der Waals surface area contributed by atoms with Crippen LogP contribution in [0.5, 0.6) is 0 Å². The van der Waals surface area contributed by atoms with Crippen LogP contribution in [0.25, 0.3) is 0 Å². The number of nitrogens with one attached hydrogen (secondary N) is 3. The molecule has 1 aromatic heterocycles. The van der Waals surface area contributed by atoms with E-state index in [1.54, 1.807) is 57.4 Å². The number of benzene rings is 1. The maximum Gasteiger partial charge on any atom is 0.407 e. The minimum absolute atomic E-state index is 0.152. The predicted octanol–water partition coefficient (Wildman–Crippen LogP) is 2.86. The second-order valence-electron chi connectivity index (χ2n) is 7.34. The lowest BCUT2D eigenvalue weighted by atomic mass is 10.2. The molecule has 0 saturated carbocycles. The Hall–Kier alpha value is -3.42. The Morgan fingerprint density at radius 2 is 1.62 bits per heavy atom. The third kappa shape index (κ3) is 8.42. The number of pyridine rings is 1. The van der Waals surface area contributed by atoms with Crippen molar-refractivity contribution in [2.24, 2.45) is 0 Å². The number of carbonyl (C=O) groups excluding carboxylic acids is 3. The molecule has 154 valence electrons. The molecular formula is C21H26N4O4. The molecule has 0 bridgehead atoms. The average Bonchev–Trinajstić information content (AvgIpc) is 2.66. The molecule has 0 saturated heterocycles. The number of hydrogen-bond donors (Lipinski definition) is 3. The van der Waals surface area contributed by atoms with Gasteiger partial charge in [0, 0.05) is 43.2 Å². The molecule has 0 unspecified atom stereocenters. The quantitative estimate of drug-likeness (QED) is 0.664. The highest BCUT2D eigenvalue weighted by Crippen LogP contribution is 2.11. The van der Waals surface area contributed by atoms with Crippen molar-refractivity contribution in [3.63, 3.8) is 0 Å². The van der Waals surface area contributed by atoms with Gasteiger partial charge in [-0.3, -0.25) is 14.6 Å². The maximum absolute atomic E-state index is 12.1. The molecule has 2 aromatic rings. The van der Waals surface area contributed by atoms with Crippen molar-refractivity contribution in [1.82, 2.24) is 15.6 Å². The molecule has 29 heavy (non-hydrogen) atoms. The summed E-state index contributed by atoms with van der Waals surface area (Å²) >= 11 is 0. The first-order valence-corrected chi connectivity index (χ1v) is 9.27. The van der Waals surface area contributed by atoms with Crippen LogP contribution in [0.15, 0.2) is 48.8 Å². The van der Waals surface area contributed by atoms with Crippen molar-refractivity contribution in [1.29, 1.82) is 0 Å². The van der Waals surface area contributed by atoms with Gasteiger partial charge in [-0.15, -0.1) is 0 Å². The van der Waals surface area contributed by atoms with Gasteiger partial charge in [0.2, 0.25) is 5.91 Å². The molecule has 0 spiro atoms. The van der Waals surface area contributed by atoms with Crippen LogP contribution in [0.4, 0.5) is 10.5 Å². The smallest absolute Gasteiger partial charge is 0.407 e. The number of alkyl carbamates (subject to hydrolysis) is 1. The fourth-order valence-corrected chi connectivity index (χ4v) is 2.29. The SMILES string of the molecule is CC(C)(C)OC(=O)NCCC(=O)NCc1ccc(NC(=O)c2ccncc2)cc1. The van der Waals surface area contributed by atoms with E-state index in [1.165, 1.54) is 0 Å². The molecule has 3 N–H and O–H groups in total. The molecule has 2 rings (SSSR count). The average molecular weight is 398 g/mol. The zero-order valence-electron chi connectivity index (χ0n) is 16.8. The van der Waals surface area contributed by atoms with Gasteiger partial charge < -0.3 is 20.7 Å². The number of hydrogen-bond acceptors (Lipinski definition) is 5. The lowest BCUT2D eigenvalue weighted by Crippen LogP contribution is -2.35. The van der Waals surface area contributed by atoms with Gasteiger partial charge in [-0.1, -0.05) is 12.1 Å². The Morgan fingerprint density at radius 1 is 0.966 bits per heavy atom. The minimum atomic E-state index is -0.573. The Morgan fingerprint density at radius 3 is 2.24 bits per heavy atom. The van der Waals surface area contributed by atoms with E-state index in [2.05, 4.69) is 20.9 Å². The van der Waals surface area contributed by atoms with Crippen molar-refractivity contribution >= 4 is 23.6 Å². The molecule has 3 amide bonds. The van der Waals surface area contributed by atoms with Gasteiger partial charge in [-0.25, -0.2) is 4.79 Å². The summed E-state index contributed by atoms with van der Waals surface area (Å²) in [5.74, 6) is -0.401. The summed E-state index contributed by atoms with van der Waals surface area (Å²) in [6.45, 7) is 5.87. The summed E-state index contributed by atoms with van der Waals surface area (Å²) in [7, 11) is 0. The molecule has 0 fully saturated rings. The molecule has 8 nitrogen and oxygen atoms in total. The van der Waals surface area contributed by atoms with Gasteiger partial charge in [0.1, 0.15) is 5.60 Å². The lowest BCUT2D eigenvalue weighted by Gasteiger charge is -2.19. The predicted molar refractivity (Wildman–Crippen MR) is 109 cm³/mol. The third-order valence-corrected chi connectivity index (χ3v) is 3.66. The largest absolute Gasteiger partial charge is 0.444 e. The summed E-state index contributed by atoms with van der Waals surface area (Å²) in [5.41, 5.74) is 1.50. The number of nitrogens with zero attached hydrogens (tertiary/aromatic N) is 1. The molecule has 0 aliphatic rings. The lowest BCUT2D eigenvalue weighted by molar-refractivity contribution is -0.121. The Kier molecular flexibility index (Phi) is 7.70. The van der Waals surface area contributed by atoms with Crippen LogP contribution in [0.2, 0.25) is 0 Å². The summed E-state index contributed by atoms with van der Waals surface area (Å²) < 4.78 is 5.10.